The number of aldehydes is 1. The monoisotopic (exact) mass is 274 g/mol. The Morgan fingerprint density at radius 3 is 2.28 bits per heavy atom. The fraction of sp³-hybridized carbons (Fsp3) is 0.923. The van der Waals surface area contributed by atoms with E-state index in [4.69, 9.17) is 13.9 Å². The van der Waals surface area contributed by atoms with Gasteiger partial charge in [0, 0.05) is 0 Å². The summed E-state index contributed by atoms with van der Waals surface area (Å²) in [4.78, 5) is 11.0. The molecule has 0 bridgehead atoms. The van der Waals surface area contributed by atoms with Gasteiger partial charge < -0.3 is 18.7 Å². The molecule has 4 nitrogen and oxygen atoms in total. The number of hydrogen-bond donors (Lipinski definition) is 0. The maximum Gasteiger partial charge on any atom is 0.192 e. The molecule has 0 N–H and O–H groups in total. The molecule has 0 spiro atoms. The third-order valence-electron chi connectivity index (χ3n) is 3.77. The van der Waals surface area contributed by atoms with E-state index in [-0.39, 0.29) is 11.1 Å². The van der Waals surface area contributed by atoms with Crippen LogP contribution in [0.2, 0.25) is 18.1 Å². The van der Waals surface area contributed by atoms with Gasteiger partial charge in [0.05, 0.1) is 6.61 Å². The van der Waals surface area contributed by atoms with Gasteiger partial charge in [-0.1, -0.05) is 20.8 Å². The minimum absolute atomic E-state index is 0.151. The van der Waals surface area contributed by atoms with Crippen molar-refractivity contribution in [3.63, 3.8) is 0 Å². The molecule has 0 unspecified atom stereocenters. The molecular weight excluding hydrogens is 248 g/mol. The van der Waals surface area contributed by atoms with Crippen molar-refractivity contribution in [2.75, 3.05) is 6.61 Å². The fourth-order valence-corrected chi connectivity index (χ4v) is 2.63. The van der Waals surface area contributed by atoms with Gasteiger partial charge in [-0.25, -0.2) is 0 Å². The van der Waals surface area contributed by atoms with Crippen LogP contribution >= 0.6 is 0 Å². The first-order chi connectivity index (χ1) is 7.98. The summed E-state index contributed by atoms with van der Waals surface area (Å²) in [5.74, 6) is -0.701. The highest BCUT2D eigenvalue weighted by molar-refractivity contribution is 6.74. The maximum atomic E-state index is 11.0. The van der Waals surface area contributed by atoms with E-state index in [1.54, 1.807) is 0 Å². The summed E-state index contributed by atoms with van der Waals surface area (Å²) < 4.78 is 17.3. The number of rotatable bonds is 4. The standard InChI is InChI=1S/C13H26O4Si/c1-12(2,3)18(6,7)15-9-11-10(8-14)16-13(4,5)17-11/h8,10-11H,9H2,1-7H3/t10-,11+/m0/s1. The van der Waals surface area contributed by atoms with Crippen LogP contribution in [-0.2, 0) is 18.7 Å². The molecule has 0 radical (unpaired) electrons. The van der Waals surface area contributed by atoms with Crippen molar-refractivity contribution in [1.82, 2.24) is 0 Å². The fourth-order valence-electron chi connectivity index (χ4n) is 1.61. The molecule has 1 aliphatic rings. The molecule has 0 amide bonds. The summed E-state index contributed by atoms with van der Waals surface area (Å²) in [5.41, 5.74) is 0. The quantitative estimate of drug-likeness (QED) is 0.584. The Hall–Kier alpha value is -0.233. The van der Waals surface area contributed by atoms with E-state index in [0.29, 0.717) is 6.61 Å². The Bertz CT molecular complexity index is 307. The van der Waals surface area contributed by atoms with Crippen molar-refractivity contribution >= 4 is 14.6 Å². The van der Waals surface area contributed by atoms with E-state index in [1.807, 2.05) is 13.8 Å². The Balaban J connectivity index is 2.61. The molecule has 0 aromatic rings. The van der Waals surface area contributed by atoms with Crippen LogP contribution in [0.5, 0.6) is 0 Å². The summed E-state index contributed by atoms with van der Waals surface area (Å²) in [6, 6.07) is 0. The summed E-state index contributed by atoms with van der Waals surface area (Å²) >= 11 is 0. The lowest BCUT2D eigenvalue weighted by atomic mass is 10.2. The van der Waals surface area contributed by atoms with Crippen LogP contribution in [0, 0.1) is 0 Å². The second kappa shape index (κ2) is 5.04. The molecule has 1 saturated heterocycles. The lowest BCUT2D eigenvalue weighted by Crippen LogP contribution is -2.44. The van der Waals surface area contributed by atoms with Crippen molar-refractivity contribution in [3.05, 3.63) is 0 Å². The molecule has 1 fully saturated rings. The molecule has 0 aromatic heterocycles. The van der Waals surface area contributed by atoms with Crippen molar-refractivity contribution in [2.24, 2.45) is 0 Å². The lowest BCUT2D eigenvalue weighted by Gasteiger charge is -2.37. The highest BCUT2D eigenvalue weighted by Gasteiger charge is 2.44. The van der Waals surface area contributed by atoms with Crippen LogP contribution < -0.4 is 0 Å². The van der Waals surface area contributed by atoms with Crippen LogP contribution in [0.3, 0.4) is 0 Å². The van der Waals surface area contributed by atoms with Crippen LogP contribution in [-0.4, -0.2) is 39.2 Å². The predicted octanol–water partition coefficient (Wildman–Crippen LogP) is 2.73. The Morgan fingerprint density at radius 2 is 1.83 bits per heavy atom. The van der Waals surface area contributed by atoms with Crippen LogP contribution in [0.4, 0.5) is 0 Å². The first-order valence-corrected chi connectivity index (χ1v) is 9.34. The van der Waals surface area contributed by atoms with Gasteiger partial charge in [0.25, 0.3) is 0 Å². The van der Waals surface area contributed by atoms with E-state index < -0.39 is 20.2 Å². The minimum atomic E-state index is -1.81. The molecule has 0 aromatic carbocycles. The van der Waals surface area contributed by atoms with E-state index in [1.165, 1.54) is 0 Å². The normalized spacial score (nSPS) is 28.4. The van der Waals surface area contributed by atoms with E-state index in [2.05, 4.69) is 33.9 Å². The second-order valence-corrected chi connectivity index (χ2v) is 11.7. The summed E-state index contributed by atoms with van der Waals surface area (Å²) in [5, 5.41) is 0.151. The molecule has 1 aliphatic heterocycles. The predicted molar refractivity (Wildman–Crippen MR) is 73.0 cm³/mol. The van der Waals surface area contributed by atoms with Crippen molar-refractivity contribution in [1.29, 1.82) is 0 Å². The van der Waals surface area contributed by atoms with Gasteiger partial charge >= 0.3 is 0 Å². The van der Waals surface area contributed by atoms with E-state index in [0.717, 1.165) is 6.29 Å². The number of carbonyl (C=O) groups is 1. The highest BCUT2D eigenvalue weighted by atomic mass is 28.4. The second-order valence-electron chi connectivity index (χ2n) is 6.85. The number of hydrogen-bond acceptors (Lipinski definition) is 4. The van der Waals surface area contributed by atoms with Crippen molar-refractivity contribution in [2.45, 2.75) is 70.7 Å². The zero-order chi connectivity index (χ0) is 14.2. The Morgan fingerprint density at radius 1 is 1.28 bits per heavy atom. The average Bonchev–Trinajstić information content (AvgIpc) is 2.48. The van der Waals surface area contributed by atoms with Gasteiger partial charge in [0.2, 0.25) is 0 Å². The maximum absolute atomic E-state index is 11.0. The largest absolute Gasteiger partial charge is 0.414 e. The third kappa shape index (κ3) is 3.63. The van der Waals surface area contributed by atoms with Gasteiger partial charge in [-0.05, 0) is 32.0 Å². The first-order valence-electron chi connectivity index (χ1n) is 6.43. The van der Waals surface area contributed by atoms with Gasteiger partial charge in [0.15, 0.2) is 20.4 Å². The molecule has 1 heterocycles. The van der Waals surface area contributed by atoms with Crippen LogP contribution in [0.25, 0.3) is 0 Å². The van der Waals surface area contributed by atoms with Gasteiger partial charge in [-0.2, -0.15) is 0 Å². The molecule has 18 heavy (non-hydrogen) atoms. The Labute approximate surface area is 111 Å². The Kier molecular flexibility index (Phi) is 4.43. The van der Waals surface area contributed by atoms with Crippen LogP contribution in [0.15, 0.2) is 0 Å². The van der Waals surface area contributed by atoms with Crippen molar-refractivity contribution in [3.8, 4) is 0 Å². The smallest absolute Gasteiger partial charge is 0.192 e. The first kappa shape index (κ1) is 15.8. The van der Waals surface area contributed by atoms with Gasteiger partial charge in [0.1, 0.15) is 12.2 Å². The molecule has 1 rings (SSSR count). The summed E-state index contributed by atoms with van der Waals surface area (Å²) in [6.07, 6.45) is -0.0228. The van der Waals surface area contributed by atoms with E-state index in [9.17, 15) is 4.79 Å². The highest BCUT2D eigenvalue weighted by Crippen LogP contribution is 2.37. The van der Waals surface area contributed by atoms with E-state index >= 15 is 0 Å². The minimum Gasteiger partial charge on any atom is -0.414 e. The molecule has 106 valence electrons. The molecule has 0 aliphatic carbocycles. The topological polar surface area (TPSA) is 44.8 Å². The molecule has 5 heteroatoms. The zero-order valence-corrected chi connectivity index (χ0v) is 13.6. The SMILES string of the molecule is CC1(C)O[C@@H](C=O)[C@@H](CO[Si](C)(C)C(C)(C)C)O1. The summed E-state index contributed by atoms with van der Waals surface area (Å²) in [6.45, 7) is 15.0. The number of ether oxygens (including phenoxy) is 2. The summed E-state index contributed by atoms with van der Waals surface area (Å²) in [7, 11) is -1.81. The molecular formula is C13H26O4Si. The third-order valence-corrected chi connectivity index (χ3v) is 8.27. The van der Waals surface area contributed by atoms with Gasteiger partial charge in [-0.15, -0.1) is 0 Å². The van der Waals surface area contributed by atoms with Crippen LogP contribution in [0.1, 0.15) is 34.6 Å². The zero-order valence-electron chi connectivity index (χ0n) is 12.6. The lowest BCUT2D eigenvalue weighted by molar-refractivity contribution is -0.151. The molecule has 0 saturated carbocycles. The molecule has 2 atom stereocenters. The van der Waals surface area contributed by atoms with Gasteiger partial charge in [-0.3, -0.25) is 0 Å². The number of carbonyl (C=O) groups excluding carboxylic acids is 1. The van der Waals surface area contributed by atoms with Crippen molar-refractivity contribution < 1.29 is 18.7 Å². The average molecular weight is 274 g/mol.